The van der Waals surface area contributed by atoms with Gasteiger partial charge in [0.2, 0.25) is 0 Å². The van der Waals surface area contributed by atoms with Crippen LogP contribution in [0.1, 0.15) is 19.4 Å². The van der Waals surface area contributed by atoms with Crippen molar-refractivity contribution in [3.8, 4) is 5.75 Å². The summed E-state index contributed by atoms with van der Waals surface area (Å²) in [5.41, 5.74) is 1.25. The van der Waals surface area contributed by atoms with Gasteiger partial charge in [0, 0.05) is 63.4 Å². The average molecular weight is 364 g/mol. The number of rotatable bonds is 5. The number of anilines is 1. The molecular formula is C17H24N4O5. The van der Waals surface area contributed by atoms with E-state index in [2.05, 4.69) is 10.2 Å². The zero-order chi connectivity index (χ0) is 18.9. The molecule has 1 fully saturated rings. The van der Waals surface area contributed by atoms with Gasteiger partial charge in [-0.05, 0) is 13.8 Å². The van der Waals surface area contributed by atoms with Crippen molar-refractivity contribution in [2.75, 3.05) is 44.2 Å². The van der Waals surface area contributed by atoms with E-state index < -0.39 is 6.09 Å². The monoisotopic (exact) mass is 364 g/mol. The maximum Gasteiger partial charge on any atom is 0.404 e. The summed E-state index contributed by atoms with van der Waals surface area (Å²) in [5, 5.41) is 22.5. The van der Waals surface area contributed by atoms with Gasteiger partial charge in [0.25, 0.3) is 5.69 Å². The third kappa shape index (κ3) is 3.98. The number of benzene rings is 1. The molecule has 3 rings (SSSR count). The number of hydrogen-bond acceptors (Lipinski definition) is 6. The maximum absolute atomic E-state index is 11.6. The third-order valence-electron chi connectivity index (χ3n) is 4.77. The highest BCUT2D eigenvalue weighted by Gasteiger charge is 2.34. The lowest BCUT2D eigenvalue weighted by atomic mass is 10.0. The number of nitrogens with one attached hydrogen (secondary N) is 1. The Labute approximate surface area is 151 Å². The molecule has 142 valence electrons. The highest BCUT2D eigenvalue weighted by molar-refractivity contribution is 5.69. The summed E-state index contributed by atoms with van der Waals surface area (Å²) in [6.07, 6.45) is -0.367. The molecule has 1 aromatic rings. The van der Waals surface area contributed by atoms with E-state index in [1.165, 1.54) is 0 Å². The maximum atomic E-state index is 11.6. The van der Waals surface area contributed by atoms with Gasteiger partial charge in [-0.15, -0.1) is 0 Å². The molecular weight excluding hydrogens is 340 g/mol. The van der Waals surface area contributed by atoms with Gasteiger partial charge in [-0.1, -0.05) is 0 Å². The lowest BCUT2D eigenvalue weighted by Gasteiger charge is -2.35. The topological polar surface area (TPSA) is 108 Å². The summed E-state index contributed by atoms with van der Waals surface area (Å²) in [7, 11) is 0. The van der Waals surface area contributed by atoms with Crippen LogP contribution in [-0.4, -0.2) is 65.9 Å². The lowest BCUT2D eigenvalue weighted by molar-refractivity contribution is -0.384. The first-order valence-electron chi connectivity index (χ1n) is 8.69. The van der Waals surface area contributed by atoms with Crippen LogP contribution in [0.4, 0.5) is 16.2 Å². The number of carboxylic acid groups (broad SMARTS) is 1. The van der Waals surface area contributed by atoms with Crippen LogP contribution in [0.15, 0.2) is 12.1 Å². The molecule has 0 radical (unpaired) electrons. The van der Waals surface area contributed by atoms with E-state index in [0.717, 1.165) is 24.4 Å². The first kappa shape index (κ1) is 18.2. The Balaban J connectivity index is 1.70. The molecule has 0 unspecified atom stereocenters. The summed E-state index contributed by atoms with van der Waals surface area (Å²) in [4.78, 5) is 25.9. The predicted octanol–water partition coefficient (Wildman–Crippen LogP) is 1.70. The fraction of sp³-hybridized carbons (Fsp3) is 0.588. The van der Waals surface area contributed by atoms with Gasteiger partial charge in [-0.2, -0.15) is 0 Å². The molecule has 2 aliphatic rings. The Morgan fingerprint density at radius 3 is 2.65 bits per heavy atom. The van der Waals surface area contributed by atoms with Crippen LogP contribution >= 0.6 is 0 Å². The van der Waals surface area contributed by atoms with Crippen molar-refractivity contribution in [1.82, 2.24) is 10.2 Å². The van der Waals surface area contributed by atoms with Gasteiger partial charge in [0.15, 0.2) is 0 Å². The van der Waals surface area contributed by atoms with Gasteiger partial charge in [0.05, 0.1) is 4.92 Å². The molecule has 2 heterocycles. The molecule has 1 saturated heterocycles. The molecule has 26 heavy (non-hydrogen) atoms. The molecule has 9 heteroatoms. The zero-order valence-electron chi connectivity index (χ0n) is 15.0. The fourth-order valence-electron chi connectivity index (χ4n) is 3.56. The Kier molecular flexibility index (Phi) is 4.90. The van der Waals surface area contributed by atoms with Gasteiger partial charge in [-0.25, -0.2) is 4.79 Å². The van der Waals surface area contributed by atoms with Crippen molar-refractivity contribution in [2.24, 2.45) is 0 Å². The minimum atomic E-state index is -1.03. The predicted molar refractivity (Wildman–Crippen MR) is 96.2 cm³/mol. The standard InChI is InChI=1S/C17H24N4O5/c1-17(2)11-12-9-14(21(24)25)13(10-15(12)26-17)20-7-5-19(6-8-20)4-3-18-16(22)23/h9-10,18H,3-8,11H2,1-2H3,(H,22,23). The number of nitrogens with zero attached hydrogens (tertiary/aromatic N) is 3. The van der Waals surface area contributed by atoms with Crippen LogP contribution in [0.5, 0.6) is 5.75 Å². The van der Waals surface area contributed by atoms with E-state index in [0.29, 0.717) is 38.3 Å². The van der Waals surface area contributed by atoms with Crippen molar-refractivity contribution in [3.63, 3.8) is 0 Å². The largest absolute Gasteiger partial charge is 0.487 e. The number of ether oxygens (including phenoxy) is 1. The number of piperazine rings is 1. The molecule has 0 bridgehead atoms. The third-order valence-corrected chi connectivity index (χ3v) is 4.77. The zero-order valence-corrected chi connectivity index (χ0v) is 15.0. The molecule has 1 aromatic carbocycles. The quantitative estimate of drug-likeness (QED) is 0.605. The SMILES string of the molecule is CC1(C)Cc2cc([N+](=O)[O-])c(N3CCN(CCNC(=O)O)CC3)cc2O1. The normalized spacial score (nSPS) is 18.9. The molecule has 0 saturated carbocycles. The highest BCUT2D eigenvalue weighted by Crippen LogP contribution is 2.42. The van der Waals surface area contributed by atoms with Gasteiger partial charge in [0.1, 0.15) is 17.0 Å². The minimum Gasteiger partial charge on any atom is -0.487 e. The second-order valence-electron chi connectivity index (χ2n) is 7.30. The van der Waals surface area contributed by atoms with E-state index >= 15 is 0 Å². The molecule has 0 atom stereocenters. The first-order valence-corrected chi connectivity index (χ1v) is 8.69. The van der Waals surface area contributed by atoms with Crippen LogP contribution < -0.4 is 15.0 Å². The smallest absolute Gasteiger partial charge is 0.404 e. The van der Waals surface area contributed by atoms with Crippen molar-refractivity contribution >= 4 is 17.5 Å². The summed E-state index contributed by atoms with van der Waals surface area (Å²) in [6, 6.07) is 3.44. The number of fused-ring (bicyclic) bond motifs is 1. The molecule has 2 aliphatic heterocycles. The van der Waals surface area contributed by atoms with Crippen LogP contribution in [0, 0.1) is 10.1 Å². The second kappa shape index (κ2) is 6.99. The first-order chi connectivity index (χ1) is 12.2. The van der Waals surface area contributed by atoms with Crippen molar-refractivity contribution in [3.05, 3.63) is 27.8 Å². The molecule has 0 spiro atoms. The van der Waals surface area contributed by atoms with Gasteiger partial charge >= 0.3 is 6.09 Å². The fourth-order valence-corrected chi connectivity index (χ4v) is 3.56. The molecule has 9 nitrogen and oxygen atoms in total. The van der Waals surface area contributed by atoms with Crippen molar-refractivity contribution in [1.29, 1.82) is 0 Å². The van der Waals surface area contributed by atoms with Crippen LogP contribution in [0.2, 0.25) is 0 Å². The Morgan fingerprint density at radius 1 is 1.35 bits per heavy atom. The summed E-state index contributed by atoms with van der Waals surface area (Å²) in [5.74, 6) is 0.726. The molecule has 0 aliphatic carbocycles. The lowest BCUT2D eigenvalue weighted by Crippen LogP contribution is -2.48. The number of carbonyl (C=O) groups is 1. The minimum absolute atomic E-state index is 0.117. The van der Waals surface area contributed by atoms with Crippen LogP contribution in [0.3, 0.4) is 0 Å². The van der Waals surface area contributed by atoms with Gasteiger partial charge < -0.3 is 20.1 Å². The van der Waals surface area contributed by atoms with E-state index in [9.17, 15) is 14.9 Å². The summed E-state index contributed by atoms with van der Waals surface area (Å²) >= 11 is 0. The molecule has 0 aromatic heterocycles. The van der Waals surface area contributed by atoms with Crippen LogP contribution in [-0.2, 0) is 6.42 Å². The second-order valence-corrected chi connectivity index (χ2v) is 7.30. The van der Waals surface area contributed by atoms with E-state index in [1.807, 2.05) is 18.7 Å². The van der Waals surface area contributed by atoms with Crippen LogP contribution in [0.25, 0.3) is 0 Å². The average Bonchev–Trinajstić information content (AvgIpc) is 2.86. The Bertz CT molecular complexity index is 713. The van der Waals surface area contributed by atoms with E-state index in [4.69, 9.17) is 9.84 Å². The number of amides is 1. The Morgan fingerprint density at radius 2 is 2.04 bits per heavy atom. The van der Waals surface area contributed by atoms with E-state index in [-0.39, 0.29) is 16.2 Å². The summed E-state index contributed by atoms with van der Waals surface area (Å²) in [6.45, 7) is 7.70. The molecule has 1 amide bonds. The van der Waals surface area contributed by atoms with Crippen molar-refractivity contribution < 1.29 is 19.6 Å². The van der Waals surface area contributed by atoms with E-state index in [1.54, 1.807) is 12.1 Å². The number of hydrogen-bond donors (Lipinski definition) is 2. The summed E-state index contributed by atoms with van der Waals surface area (Å²) < 4.78 is 5.93. The Hall–Kier alpha value is -2.55. The number of nitro benzene ring substituents is 1. The highest BCUT2D eigenvalue weighted by atomic mass is 16.6. The van der Waals surface area contributed by atoms with Crippen molar-refractivity contribution in [2.45, 2.75) is 25.9 Å². The molecule has 2 N–H and O–H groups in total. The van der Waals surface area contributed by atoms with Gasteiger partial charge in [-0.3, -0.25) is 15.0 Å². The number of nitro groups is 1.